The van der Waals surface area contributed by atoms with Crippen LogP contribution >= 0.6 is 0 Å². The van der Waals surface area contributed by atoms with Crippen molar-refractivity contribution in [1.82, 2.24) is 19.8 Å². The number of ether oxygens (including phenoxy) is 1. The molecule has 0 aliphatic carbocycles. The summed E-state index contributed by atoms with van der Waals surface area (Å²) in [7, 11) is 0. The standard InChI is InChI=1S/C32H41F2N5O5/c1-31(2,3)27(39(26(41)19-40)15-14-24(28(35)42)37-30(43)44-32(4,5)6)29-36-25(22-16-21(33)12-13-23(22)34)18-38(29)17-20-10-8-7-9-11-20/h7-13,16,18,24,27,40H,14-15,17,19H2,1-6H3,(H2,35,42)(H,37,43). The molecule has 0 saturated carbocycles. The van der Waals surface area contributed by atoms with Crippen LogP contribution in [-0.2, 0) is 20.9 Å². The Morgan fingerprint density at radius 3 is 2.30 bits per heavy atom. The number of nitrogens with one attached hydrogen (secondary N) is 1. The highest BCUT2D eigenvalue weighted by molar-refractivity contribution is 5.84. The average molecular weight is 614 g/mol. The number of nitrogens with two attached hydrogens (primary N) is 1. The quantitative estimate of drug-likeness (QED) is 0.290. The molecule has 0 radical (unpaired) electrons. The summed E-state index contributed by atoms with van der Waals surface area (Å²) in [5.74, 6) is -2.47. The van der Waals surface area contributed by atoms with Crippen LogP contribution in [0.2, 0.25) is 0 Å². The molecule has 0 bridgehead atoms. The third-order valence-corrected chi connectivity index (χ3v) is 6.73. The summed E-state index contributed by atoms with van der Waals surface area (Å²) in [6.07, 6.45) is 0.642. The van der Waals surface area contributed by atoms with Crippen molar-refractivity contribution in [2.24, 2.45) is 11.1 Å². The third kappa shape index (κ3) is 9.09. The van der Waals surface area contributed by atoms with Crippen LogP contribution in [0.15, 0.2) is 54.7 Å². The van der Waals surface area contributed by atoms with Gasteiger partial charge < -0.3 is 30.4 Å². The number of aliphatic hydroxyl groups excluding tert-OH is 1. The summed E-state index contributed by atoms with van der Waals surface area (Å²) in [5.41, 5.74) is 5.02. The van der Waals surface area contributed by atoms with Crippen molar-refractivity contribution < 1.29 is 33.0 Å². The maximum absolute atomic E-state index is 14.9. The maximum Gasteiger partial charge on any atom is 0.408 e. The van der Waals surface area contributed by atoms with Gasteiger partial charge in [0.15, 0.2) is 0 Å². The molecule has 1 aromatic heterocycles. The van der Waals surface area contributed by atoms with Crippen LogP contribution in [0.3, 0.4) is 0 Å². The lowest BCUT2D eigenvalue weighted by Crippen LogP contribution is -2.50. The summed E-state index contributed by atoms with van der Waals surface area (Å²) in [5, 5.41) is 12.4. The fourth-order valence-corrected chi connectivity index (χ4v) is 4.87. The van der Waals surface area contributed by atoms with Crippen LogP contribution in [-0.4, -0.2) is 62.3 Å². The van der Waals surface area contributed by atoms with E-state index in [1.807, 2.05) is 51.1 Å². The van der Waals surface area contributed by atoms with Gasteiger partial charge in [-0.15, -0.1) is 0 Å². The second kappa shape index (κ2) is 14.0. The van der Waals surface area contributed by atoms with Crippen LogP contribution in [0.25, 0.3) is 11.3 Å². The van der Waals surface area contributed by atoms with Gasteiger partial charge in [0.05, 0.1) is 11.7 Å². The molecule has 1 heterocycles. The SMILES string of the molecule is CC(C)(C)OC(=O)NC(CCN(C(=O)CO)C(c1nc(-c2cc(F)ccc2F)cn1Cc1ccccc1)C(C)(C)C)C(N)=O. The summed E-state index contributed by atoms with van der Waals surface area (Å²) < 4.78 is 36.1. The van der Waals surface area contributed by atoms with Crippen molar-refractivity contribution in [3.63, 3.8) is 0 Å². The first kappa shape index (κ1) is 34.2. The number of benzene rings is 2. The molecule has 0 aliphatic rings. The van der Waals surface area contributed by atoms with Crippen LogP contribution in [0.4, 0.5) is 13.6 Å². The number of aliphatic hydroxyl groups is 1. The molecule has 0 aliphatic heterocycles. The van der Waals surface area contributed by atoms with Crippen molar-refractivity contribution in [2.45, 2.75) is 72.2 Å². The lowest BCUT2D eigenvalue weighted by molar-refractivity contribution is -0.140. The van der Waals surface area contributed by atoms with Crippen LogP contribution in [0.1, 0.15) is 65.4 Å². The van der Waals surface area contributed by atoms with Gasteiger partial charge in [-0.3, -0.25) is 9.59 Å². The first-order chi connectivity index (χ1) is 20.5. The van der Waals surface area contributed by atoms with Gasteiger partial charge >= 0.3 is 6.09 Å². The highest BCUT2D eigenvalue weighted by atomic mass is 19.1. The second-order valence-corrected chi connectivity index (χ2v) is 12.6. The highest BCUT2D eigenvalue weighted by Gasteiger charge is 2.39. The van der Waals surface area contributed by atoms with Gasteiger partial charge in [0, 0.05) is 24.8 Å². The van der Waals surface area contributed by atoms with Gasteiger partial charge in [-0.2, -0.15) is 0 Å². The number of amides is 3. The topological polar surface area (TPSA) is 140 Å². The minimum absolute atomic E-state index is 0.0545. The number of imidazole rings is 1. The molecule has 0 spiro atoms. The van der Waals surface area contributed by atoms with E-state index in [0.29, 0.717) is 5.82 Å². The van der Waals surface area contributed by atoms with Gasteiger partial charge in [-0.25, -0.2) is 18.6 Å². The molecule has 12 heteroatoms. The zero-order valence-corrected chi connectivity index (χ0v) is 25.9. The van der Waals surface area contributed by atoms with Crippen molar-refractivity contribution in [1.29, 1.82) is 0 Å². The molecular formula is C32H41F2N5O5. The normalized spacial score (nSPS) is 13.2. The van der Waals surface area contributed by atoms with E-state index >= 15 is 0 Å². The molecule has 2 aromatic carbocycles. The van der Waals surface area contributed by atoms with Gasteiger partial charge in [0.1, 0.15) is 35.7 Å². The first-order valence-electron chi connectivity index (χ1n) is 14.3. The maximum atomic E-state index is 14.9. The third-order valence-electron chi connectivity index (χ3n) is 6.73. The molecule has 0 fully saturated rings. The molecular weight excluding hydrogens is 572 g/mol. The molecule has 2 atom stereocenters. The number of primary amides is 1. The van der Waals surface area contributed by atoms with Gasteiger partial charge in [0.2, 0.25) is 11.8 Å². The van der Waals surface area contributed by atoms with Gasteiger partial charge in [-0.05, 0) is 56.4 Å². The predicted molar refractivity (Wildman–Crippen MR) is 161 cm³/mol. The Morgan fingerprint density at radius 2 is 1.73 bits per heavy atom. The fraction of sp³-hybridized carbons (Fsp3) is 0.438. The molecule has 4 N–H and O–H groups in total. The fourth-order valence-electron chi connectivity index (χ4n) is 4.87. The van der Waals surface area contributed by atoms with Crippen molar-refractivity contribution in [3.8, 4) is 11.3 Å². The van der Waals surface area contributed by atoms with E-state index in [-0.39, 0.29) is 30.8 Å². The van der Waals surface area contributed by atoms with E-state index in [1.165, 1.54) is 4.90 Å². The molecule has 10 nitrogen and oxygen atoms in total. The number of hydrogen-bond donors (Lipinski definition) is 3. The lowest BCUT2D eigenvalue weighted by atomic mass is 9.84. The molecule has 0 saturated heterocycles. The molecule has 238 valence electrons. The Bertz CT molecular complexity index is 1460. The zero-order valence-electron chi connectivity index (χ0n) is 25.9. The lowest BCUT2D eigenvalue weighted by Gasteiger charge is -2.40. The minimum atomic E-state index is -1.19. The summed E-state index contributed by atoms with van der Waals surface area (Å²) >= 11 is 0. The van der Waals surface area contributed by atoms with E-state index in [0.717, 1.165) is 23.8 Å². The number of rotatable bonds is 11. The van der Waals surface area contributed by atoms with Gasteiger partial charge in [-0.1, -0.05) is 51.1 Å². The first-order valence-corrected chi connectivity index (χ1v) is 14.3. The number of aromatic nitrogens is 2. The molecule has 2 unspecified atom stereocenters. The number of alkyl carbamates (subject to hydrolysis) is 1. The Kier molecular flexibility index (Phi) is 10.9. The highest BCUT2D eigenvalue weighted by Crippen LogP contribution is 2.39. The number of carbonyl (C=O) groups is 3. The molecule has 3 amide bonds. The van der Waals surface area contributed by atoms with Crippen LogP contribution in [0, 0.1) is 17.0 Å². The number of halogens is 2. The Hall–Kier alpha value is -4.32. The smallest absolute Gasteiger partial charge is 0.408 e. The van der Waals surface area contributed by atoms with Gasteiger partial charge in [0.25, 0.3) is 0 Å². The van der Waals surface area contributed by atoms with Crippen molar-refractivity contribution in [2.75, 3.05) is 13.2 Å². The average Bonchev–Trinajstić information content (AvgIpc) is 3.32. The second-order valence-electron chi connectivity index (χ2n) is 12.6. The number of hydrogen-bond acceptors (Lipinski definition) is 6. The monoisotopic (exact) mass is 613 g/mol. The predicted octanol–water partition coefficient (Wildman–Crippen LogP) is 4.55. The largest absolute Gasteiger partial charge is 0.444 e. The van der Waals surface area contributed by atoms with E-state index < -0.39 is 59.2 Å². The molecule has 3 aromatic rings. The molecule has 44 heavy (non-hydrogen) atoms. The summed E-state index contributed by atoms with van der Waals surface area (Å²) in [4.78, 5) is 44.1. The van der Waals surface area contributed by atoms with E-state index in [9.17, 15) is 28.3 Å². The Labute approximate surface area is 256 Å². The number of carbonyl (C=O) groups excluding carboxylic acids is 3. The van der Waals surface area contributed by atoms with Crippen molar-refractivity contribution in [3.05, 3.63) is 77.8 Å². The summed E-state index contributed by atoms with van der Waals surface area (Å²) in [6, 6.07) is 10.5. The van der Waals surface area contributed by atoms with E-state index in [1.54, 1.807) is 31.5 Å². The van der Waals surface area contributed by atoms with Crippen molar-refractivity contribution >= 4 is 17.9 Å². The van der Waals surface area contributed by atoms with E-state index in [2.05, 4.69) is 5.32 Å². The van der Waals surface area contributed by atoms with E-state index in [4.69, 9.17) is 15.5 Å². The minimum Gasteiger partial charge on any atom is -0.444 e. The number of nitrogens with zero attached hydrogens (tertiary/aromatic N) is 3. The molecule has 3 rings (SSSR count). The Morgan fingerprint density at radius 1 is 1.07 bits per heavy atom. The van der Waals surface area contributed by atoms with Crippen LogP contribution in [0.5, 0.6) is 0 Å². The zero-order chi connectivity index (χ0) is 32.8. The summed E-state index contributed by atoms with van der Waals surface area (Å²) in [6.45, 7) is 9.93. The Balaban J connectivity index is 2.10. The van der Waals surface area contributed by atoms with Crippen LogP contribution < -0.4 is 11.1 Å².